The number of aliphatic hydroxyl groups excluding tert-OH is 1. The lowest BCUT2D eigenvalue weighted by Crippen LogP contribution is -2.56. The maximum absolute atomic E-state index is 14.9. The van der Waals surface area contributed by atoms with Gasteiger partial charge in [0.2, 0.25) is 5.88 Å². The van der Waals surface area contributed by atoms with Gasteiger partial charge in [-0.05, 0) is 37.3 Å². The molecule has 2 atom stereocenters. The number of piperidine rings is 1. The fraction of sp³-hybridized carbons (Fsp3) is 0.469. The highest BCUT2D eigenvalue weighted by atomic mass is 19.3. The number of nitrogens with one attached hydrogen (secondary N) is 1. The van der Waals surface area contributed by atoms with Gasteiger partial charge in [0.25, 0.3) is 5.91 Å². The number of methoxy groups -OCH3 is 1. The van der Waals surface area contributed by atoms with Crippen LogP contribution in [-0.2, 0) is 9.53 Å². The van der Waals surface area contributed by atoms with Crippen LogP contribution in [0.3, 0.4) is 0 Å². The van der Waals surface area contributed by atoms with Gasteiger partial charge in [0.15, 0.2) is 6.10 Å². The number of carbonyl (C=O) groups excluding carboxylic acids is 1. The third-order valence-corrected chi connectivity index (χ3v) is 8.62. The molecule has 1 unspecified atom stereocenters. The number of carbonyl (C=O) groups is 1. The number of amides is 1. The summed E-state index contributed by atoms with van der Waals surface area (Å²) in [7, 11) is 1.59. The van der Waals surface area contributed by atoms with Gasteiger partial charge < -0.3 is 34.4 Å². The van der Waals surface area contributed by atoms with Crippen LogP contribution in [0.5, 0.6) is 11.6 Å². The first kappa shape index (κ1) is 32.3. The average Bonchev–Trinajstić information content (AvgIpc) is 3.05. The van der Waals surface area contributed by atoms with E-state index in [0.29, 0.717) is 34.8 Å². The Labute approximate surface area is 270 Å². The summed E-state index contributed by atoms with van der Waals surface area (Å²) in [6.45, 7) is 5.56. The summed E-state index contributed by atoms with van der Waals surface area (Å²) in [6.07, 6.45) is -1.71. The van der Waals surface area contributed by atoms with Crippen LogP contribution in [0.15, 0.2) is 42.7 Å². The number of anilines is 3. The lowest BCUT2D eigenvalue weighted by molar-refractivity contribution is -0.165. The lowest BCUT2D eigenvalue weighted by atomic mass is 10.0. The summed E-state index contributed by atoms with van der Waals surface area (Å²) in [5, 5.41) is 22.5. The minimum Gasteiger partial charge on any atom is -0.483 e. The molecule has 6 rings (SSSR count). The summed E-state index contributed by atoms with van der Waals surface area (Å²) in [6, 6.07) is 12.6. The van der Waals surface area contributed by atoms with Crippen molar-refractivity contribution in [3.63, 3.8) is 0 Å². The highest BCUT2D eigenvalue weighted by molar-refractivity contribution is 5.80. The van der Waals surface area contributed by atoms with Gasteiger partial charge in [-0.25, -0.2) is 18.7 Å². The molecule has 2 N–H and O–H groups in total. The molecule has 5 heterocycles. The molecule has 1 amide bonds. The summed E-state index contributed by atoms with van der Waals surface area (Å²) in [5.74, 6) is -2.69. The number of piperazine rings is 1. The maximum atomic E-state index is 14.9. The van der Waals surface area contributed by atoms with Crippen molar-refractivity contribution in [2.24, 2.45) is 0 Å². The van der Waals surface area contributed by atoms with E-state index in [1.807, 2.05) is 18.2 Å². The average molecular weight is 651 g/mol. The molecule has 3 saturated heterocycles. The van der Waals surface area contributed by atoms with Gasteiger partial charge in [0, 0.05) is 50.8 Å². The highest BCUT2D eigenvalue weighted by Crippen LogP contribution is 2.35. The van der Waals surface area contributed by atoms with Gasteiger partial charge in [-0.15, -0.1) is 0 Å². The van der Waals surface area contributed by atoms with Crippen molar-refractivity contribution < 1.29 is 32.9 Å². The Hall–Kier alpha value is -4.65. The second-order valence-corrected chi connectivity index (χ2v) is 11.8. The van der Waals surface area contributed by atoms with Crippen molar-refractivity contribution in [2.45, 2.75) is 37.5 Å². The zero-order chi connectivity index (χ0) is 33.1. The number of nitriles is 1. The fourth-order valence-corrected chi connectivity index (χ4v) is 5.92. The van der Waals surface area contributed by atoms with Gasteiger partial charge in [0.1, 0.15) is 41.6 Å². The molecule has 0 bridgehead atoms. The minimum atomic E-state index is -3.38. The number of hydrogen-bond acceptors (Lipinski definition) is 12. The largest absolute Gasteiger partial charge is 0.483 e. The summed E-state index contributed by atoms with van der Waals surface area (Å²) >= 11 is 0. The van der Waals surface area contributed by atoms with Crippen LogP contribution < -0.4 is 19.7 Å². The van der Waals surface area contributed by atoms with Gasteiger partial charge in [-0.2, -0.15) is 10.2 Å². The number of pyridine rings is 1. The molecule has 13 nitrogen and oxygen atoms in total. The van der Waals surface area contributed by atoms with E-state index in [1.54, 1.807) is 19.2 Å². The molecular weight excluding hydrogens is 614 g/mol. The summed E-state index contributed by atoms with van der Waals surface area (Å²) < 4.78 is 46.4. The zero-order valence-electron chi connectivity index (χ0n) is 26.1. The SMILES string of the molecule is COc1nc(Nc2cc(-c3ccc(O[C@@H]4CCN(C(=O)C(C)O)CC4(F)F)c(C#N)c3)ncn2)ccc1N1CCN(C2COC2)CC1. The quantitative estimate of drug-likeness (QED) is 0.351. The standard InChI is InChI=1S/C32H36F2N8O5/c1-20(43)31(44)42-8-7-27(32(33,34)18-42)47-26-5-3-21(13-22(26)15-35)24-14-29(37-19-36-24)38-28-6-4-25(30(39-28)45-2)41-11-9-40(10-12-41)23-16-46-17-23/h3-6,13-14,19-20,23,27,43H,7-12,16-18H2,1-2H3,(H,36,37,38,39)/t20?,27-/m1/s1. The van der Waals surface area contributed by atoms with Crippen molar-refractivity contribution >= 4 is 23.2 Å². The molecule has 3 aliphatic rings. The Kier molecular flexibility index (Phi) is 9.35. The number of ether oxygens (including phenoxy) is 3. The number of nitrogens with zero attached hydrogens (tertiary/aromatic N) is 7. The first-order valence-electron chi connectivity index (χ1n) is 15.4. The lowest BCUT2D eigenvalue weighted by Gasteiger charge is -2.43. The predicted molar refractivity (Wildman–Crippen MR) is 167 cm³/mol. The summed E-state index contributed by atoms with van der Waals surface area (Å²) in [5.41, 5.74) is 2.00. The molecule has 3 aliphatic heterocycles. The van der Waals surface area contributed by atoms with E-state index < -0.39 is 30.6 Å². The Morgan fingerprint density at radius 2 is 1.91 bits per heavy atom. The number of likely N-dealkylation sites (tertiary alicyclic amines) is 1. The number of hydrogen-bond donors (Lipinski definition) is 2. The molecule has 3 fully saturated rings. The zero-order valence-corrected chi connectivity index (χ0v) is 26.1. The maximum Gasteiger partial charge on any atom is 0.301 e. The highest BCUT2D eigenvalue weighted by Gasteiger charge is 2.48. The van der Waals surface area contributed by atoms with Gasteiger partial charge in [-0.1, -0.05) is 0 Å². The first-order chi connectivity index (χ1) is 22.6. The Bertz CT molecular complexity index is 1640. The van der Waals surface area contributed by atoms with Crippen molar-refractivity contribution in [1.82, 2.24) is 24.8 Å². The normalized spacial score (nSPS) is 20.6. The molecular formula is C32H36F2N8O5. The van der Waals surface area contributed by atoms with Crippen LogP contribution in [0.4, 0.5) is 26.1 Å². The van der Waals surface area contributed by atoms with Crippen LogP contribution in [0.1, 0.15) is 18.9 Å². The molecule has 0 saturated carbocycles. The van der Waals surface area contributed by atoms with E-state index in [4.69, 9.17) is 14.2 Å². The van der Waals surface area contributed by atoms with Crippen LogP contribution >= 0.6 is 0 Å². The smallest absolute Gasteiger partial charge is 0.301 e. The molecule has 2 aromatic heterocycles. The van der Waals surface area contributed by atoms with Crippen molar-refractivity contribution in [3.05, 3.63) is 48.3 Å². The van der Waals surface area contributed by atoms with Gasteiger partial charge in [-0.3, -0.25) is 9.69 Å². The summed E-state index contributed by atoms with van der Waals surface area (Å²) in [4.78, 5) is 30.9. The molecule has 1 aromatic carbocycles. The Balaban J connectivity index is 1.12. The van der Waals surface area contributed by atoms with Crippen molar-refractivity contribution in [3.8, 4) is 29.0 Å². The monoisotopic (exact) mass is 650 g/mol. The van der Waals surface area contributed by atoms with E-state index in [9.17, 15) is 23.9 Å². The Morgan fingerprint density at radius 3 is 2.57 bits per heavy atom. The molecule has 0 spiro atoms. The van der Waals surface area contributed by atoms with Gasteiger partial charge in [0.05, 0.1) is 44.2 Å². The number of aromatic nitrogens is 3. The molecule has 3 aromatic rings. The fourth-order valence-electron chi connectivity index (χ4n) is 5.92. The molecule has 248 valence electrons. The molecule has 0 radical (unpaired) electrons. The Morgan fingerprint density at radius 1 is 1.13 bits per heavy atom. The first-order valence-corrected chi connectivity index (χ1v) is 15.4. The van der Waals surface area contributed by atoms with Crippen molar-refractivity contribution in [2.75, 3.05) is 69.8 Å². The van der Waals surface area contributed by atoms with Gasteiger partial charge >= 0.3 is 5.92 Å². The van der Waals surface area contributed by atoms with E-state index in [1.165, 1.54) is 25.4 Å². The topological polar surface area (TPSA) is 149 Å². The number of rotatable bonds is 9. The predicted octanol–water partition coefficient (Wildman–Crippen LogP) is 2.68. The van der Waals surface area contributed by atoms with Crippen molar-refractivity contribution in [1.29, 1.82) is 5.26 Å². The van der Waals surface area contributed by atoms with E-state index in [2.05, 4.69) is 30.1 Å². The van der Waals surface area contributed by atoms with Crippen LogP contribution in [0.2, 0.25) is 0 Å². The number of benzene rings is 1. The third kappa shape index (κ3) is 7.04. The third-order valence-electron chi connectivity index (χ3n) is 8.62. The van der Waals surface area contributed by atoms with E-state index in [-0.39, 0.29) is 24.3 Å². The minimum absolute atomic E-state index is 0.00140. The second kappa shape index (κ2) is 13.6. The number of halogens is 2. The van der Waals surface area contributed by atoms with Crippen LogP contribution in [0, 0.1) is 11.3 Å². The number of alkyl halides is 2. The number of aliphatic hydroxyl groups is 1. The molecule has 15 heteroatoms. The second-order valence-electron chi connectivity index (χ2n) is 11.8. The molecule has 0 aliphatic carbocycles. The van der Waals surface area contributed by atoms with Crippen LogP contribution in [0.25, 0.3) is 11.3 Å². The van der Waals surface area contributed by atoms with Crippen LogP contribution in [-0.4, -0.2) is 120 Å². The van der Waals surface area contributed by atoms with E-state index in [0.717, 1.165) is 50.0 Å². The van der Waals surface area contributed by atoms with E-state index >= 15 is 0 Å². The molecule has 47 heavy (non-hydrogen) atoms.